The molecule has 0 saturated carbocycles. The summed E-state index contributed by atoms with van der Waals surface area (Å²) < 4.78 is 7.11. The molecule has 2 heterocycles. The fourth-order valence-electron chi connectivity index (χ4n) is 4.22. The quantitative estimate of drug-likeness (QED) is 0.552. The predicted molar refractivity (Wildman–Crippen MR) is 121 cm³/mol. The van der Waals surface area contributed by atoms with Gasteiger partial charge in [-0.1, -0.05) is 36.4 Å². The Labute approximate surface area is 183 Å². The van der Waals surface area contributed by atoms with E-state index >= 15 is 0 Å². The summed E-state index contributed by atoms with van der Waals surface area (Å²) in [6.07, 6.45) is 2.99. The maximum atomic E-state index is 12.6. The zero-order valence-corrected chi connectivity index (χ0v) is 18.0. The molecule has 4 rings (SSSR count). The number of hydrogen-bond acceptors (Lipinski definition) is 4. The average molecular weight is 420 g/mol. The Morgan fingerprint density at radius 2 is 1.65 bits per heavy atom. The zero-order valence-electron chi connectivity index (χ0n) is 18.0. The molecule has 0 bridgehead atoms. The van der Waals surface area contributed by atoms with E-state index in [1.54, 1.807) is 0 Å². The van der Waals surface area contributed by atoms with Gasteiger partial charge in [-0.25, -0.2) is 0 Å². The number of carbonyl (C=O) groups excluding carboxylic acids is 2. The Bertz CT molecular complexity index is 1040. The number of carbonyl (C=O) groups is 2. The average Bonchev–Trinajstić information content (AvgIpc) is 3.15. The Balaban J connectivity index is 1.36. The van der Waals surface area contributed by atoms with Crippen molar-refractivity contribution in [1.82, 2.24) is 14.4 Å². The van der Waals surface area contributed by atoms with Crippen molar-refractivity contribution in [2.45, 2.75) is 19.9 Å². The third kappa shape index (κ3) is 4.97. The van der Waals surface area contributed by atoms with E-state index in [0.717, 1.165) is 50.2 Å². The van der Waals surface area contributed by atoms with E-state index in [4.69, 9.17) is 4.74 Å². The number of aromatic nitrogens is 1. The SMILES string of the molecule is CCOC(=O)Cn1cc(CCN2CCN(C(=O)c3ccccc3)CC2)c2ccccc21. The molecule has 31 heavy (non-hydrogen) atoms. The molecule has 3 aromatic rings. The number of benzene rings is 2. The summed E-state index contributed by atoms with van der Waals surface area (Å²) >= 11 is 0. The van der Waals surface area contributed by atoms with Crippen molar-refractivity contribution in [3.05, 3.63) is 71.9 Å². The van der Waals surface area contributed by atoms with Crippen LogP contribution in [0.2, 0.25) is 0 Å². The van der Waals surface area contributed by atoms with Crippen molar-refractivity contribution < 1.29 is 14.3 Å². The van der Waals surface area contributed by atoms with Gasteiger partial charge in [0.1, 0.15) is 6.54 Å². The van der Waals surface area contributed by atoms with Crippen molar-refractivity contribution in [3.8, 4) is 0 Å². The lowest BCUT2D eigenvalue weighted by molar-refractivity contribution is -0.143. The highest BCUT2D eigenvalue weighted by atomic mass is 16.5. The fraction of sp³-hybridized carbons (Fsp3) is 0.360. The highest BCUT2D eigenvalue weighted by molar-refractivity contribution is 5.94. The number of esters is 1. The van der Waals surface area contributed by atoms with Gasteiger partial charge in [0.15, 0.2) is 0 Å². The van der Waals surface area contributed by atoms with Crippen LogP contribution in [-0.4, -0.2) is 65.6 Å². The molecule has 1 amide bonds. The first-order valence-electron chi connectivity index (χ1n) is 10.9. The van der Waals surface area contributed by atoms with Gasteiger partial charge in [0.2, 0.25) is 0 Å². The molecule has 6 nitrogen and oxygen atoms in total. The lowest BCUT2D eigenvalue weighted by Crippen LogP contribution is -2.49. The Hall–Kier alpha value is -3.12. The van der Waals surface area contributed by atoms with E-state index in [0.29, 0.717) is 6.61 Å². The van der Waals surface area contributed by atoms with Crippen LogP contribution in [0.4, 0.5) is 0 Å². The Morgan fingerprint density at radius 3 is 2.39 bits per heavy atom. The van der Waals surface area contributed by atoms with Crippen LogP contribution in [0.1, 0.15) is 22.8 Å². The molecule has 0 radical (unpaired) electrons. The first kappa shape index (κ1) is 21.1. The minimum Gasteiger partial charge on any atom is -0.465 e. The van der Waals surface area contributed by atoms with Gasteiger partial charge in [0.05, 0.1) is 6.61 Å². The maximum Gasteiger partial charge on any atom is 0.325 e. The number of hydrogen-bond donors (Lipinski definition) is 0. The number of para-hydroxylation sites is 1. The van der Waals surface area contributed by atoms with Crippen LogP contribution >= 0.6 is 0 Å². The Morgan fingerprint density at radius 1 is 0.935 bits per heavy atom. The van der Waals surface area contributed by atoms with Gasteiger partial charge in [-0.05, 0) is 37.1 Å². The monoisotopic (exact) mass is 419 g/mol. The van der Waals surface area contributed by atoms with Crippen molar-refractivity contribution in [2.24, 2.45) is 0 Å². The third-order valence-corrected chi connectivity index (χ3v) is 5.85. The van der Waals surface area contributed by atoms with Crippen LogP contribution in [0.15, 0.2) is 60.8 Å². The second-order valence-electron chi connectivity index (χ2n) is 7.85. The van der Waals surface area contributed by atoms with Gasteiger partial charge in [-0.15, -0.1) is 0 Å². The molecular weight excluding hydrogens is 390 g/mol. The molecule has 0 unspecified atom stereocenters. The third-order valence-electron chi connectivity index (χ3n) is 5.85. The predicted octanol–water partition coefficient (Wildman–Crippen LogP) is 3.20. The highest BCUT2D eigenvalue weighted by Crippen LogP contribution is 2.22. The summed E-state index contributed by atoms with van der Waals surface area (Å²) in [5, 5.41) is 1.18. The number of fused-ring (bicyclic) bond motifs is 1. The maximum absolute atomic E-state index is 12.6. The van der Waals surface area contributed by atoms with E-state index < -0.39 is 0 Å². The highest BCUT2D eigenvalue weighted by Gasteiger charge is 2.22. The molecule has 1 saturated heterocycles. The van der Waals surface area contributed by atoms with Gasteiger partial charge in [0.25, 0.3) is 5.91 Å². The summed E-state index contributed by atoms with van der Waals surface area (Å²) in [7, 11) is 0. The number of ether oxygens (including phenoxy) is 1. The van der Waals surface area contributed by atoms with E-state index in [9.17, 15) is 9.59 Å². The van der Waals surface area contributed by atoms with Gasteiger partial charge in [-0.2, -0.15) is 0 Å². The summed E-state index contributed by atoms with van der Waals surface area (Å²) in [5.41, 5.74) is 3.05. The summed E-state index contributed by atoms with van der Waals surface area (Å²) in [6.45, 7) is 6.63. The standard InChI is InChI=1S/C25H29N3O3/c1-2-31-24(29)19-28-18-21(22-10-6-7-11-23(22)28)12-13-26-14-16-27(17-15-26)25(30)20-8-4-3-5-9-20/h3-11,18H,2,12-17,19H2,1H3. The molecule has 0 aliphatic carbocycles. The molecule has 1 aliphatic rings. The normalized spacial score (nSPS) is 14.7. The molecule has 0 spiro atoms. The zero-order chi connectivity index (χ0) is 21.6. The van der Waals surface area contributed by atoms with Crippen LogP contribution in [0.25, 0.3) is 10.9 Å². The first-order valence-corrected chi connectivity index (χ1v) is 10.9. The molecule has 162 valence electrons. The summed E-state index contributed by atoms with van der Waals surface area (Å²) in [4.78, 5) is 29.0. The van der Waals surface area contributed by atoms with Crippen molar-refractivity contribution in [3.63, 3.8) is 0 Å². The fourth-order valence-corrected chi connectivity index (χ4v) is 4.22. The van der Waals surface area contributed by atoms with Crippen LogP contribution in [0.3, 0.4) is 0 Å². The van der Waals surface area contributed by atoms with Crippen LogP contribution in [0, 0.1) is 0 Å². The van der Waals surface area contributed by atoms with Crippen molar-refractivity contribution >= 4 is 22.8 Å². The second-order valence-corrected chi connectivity index (χ2v) is 7.85. The number of amides is 1. The van der Waals surface area contributed by atoms with E-state index in [1.807, 2.05) is 64.9 Å². The van der Waals surface area contributed by atoms with Gasteiger partial charge in [0, 0.05) is 55.4 Å². The first-order chi connectivity index (χ1) is 15.2. The lowest BCUT2D eigenvalue weighted by atomic mass is 10.1. The van der Waals surface area contributed by atoms with Crippen LogP contribution in [0.5, 0.6) is 0 Å². The van der Waals surface area contributed by atoms with Gasteiger partial charge >= 0.3 is 5.97 Å². The minimum atomic E-state index is -0.214. The van der Waals surface area contributed by atoms with E-state index in [2.05, 4.69) is 17.2 Å². The molecule has 1 fully saturated rings. The molecule has 0 atom stereocenters. The minimum absolute atomic E-state index is 0.113. The number of nitrogens with zero attached hydrogens (tertiary/aromatic N) is 3. The molecule has 1 aromatic heterocycles. The molecular formula is C25H29N3O3. The van der Waals surface area contributed by atoms with E-state index in [1.165, 1.54) is 10.9 Å². The van der Waals surface area contributed by atoms with E-state index in [-0.39, 0.29) is 18.4 Å². The second kappa shape index (κ2) is 9.79. The van der Waals surface area contributed by atoms with Gasteiger partial charge < -0.3 is 14.2 Å². The summed E-state index contributed by atoms with van der Waals surface area (Å²) in [6, 6.07) is 17.7. The Kier molecular flexibility index (Phi) is 6.67. The molecule has 6 heteroatoms. The number of piperazine rings is 1. The topological polar surface area (TPSA) is 54.8 Å². The molecule has 0 N–H and O–H groups in total. The smallest absolute Gasteiger partial charge is 0.325 e. The lowest BCUT2D eigenvalue weighted by Gasteiger charge is -2.34. The van der Waals surface area contributed by atoms with Crippen molar-refractivity contribution in [2.75, 3.05) is 39.3 Å². The van der Waals surface area contributed by atoms with Crippen LogP contribution < -0.4 is 0 Å². The summed E-state index contributed by atoms with van der Waals surface area (Å²) in [5.74, 6) is -0.101. The molecule has 1 aliphatic heterocycles. The van der Waals surface area contributed by atoms with Crippen molar-refractivity contribution in [1.29, 1.82) is 0 Å². The largest absolute Gasteiger partial charge is 0.465 e. The molecule has 2 aromatic carbocycles. The number of rotatable bonds is 7. The van der Waals surface area contributed by atoms with Crippen LogP contribution in [-0.2, 0) is 22.5 Å². The van der Waals surface area contributed by atoms with Gasteiger partial charge in [-0.3, -0.25) is 14.5 Å².